The van der Waals surface area contributed by atoms with Gasteiger partial charge in [0.15, 0.2) is 0 Å². The third kappa shape index (κ3) is 2.76. The predicted molar refractivity (Wildman–Crippen MR) is 81.8 cm³/mol. The van der Waals surface area contributed by atoms with E-state index in [1.54, 1.807) is 11.3 Å². The molecule has 1 aliphatic rings. The lowest BCUT2D eigenvalue weighted by molar-refractivity contribution is -0.121. The molecule has 1 aliphatic heterocycles. The Kier molecular flexibility index (Phi) is 3.85. The smallest absolute Gasteiger partial charge is 0.225 e. The zero-order valence-electron chi connectivity index (χ0n) is 11.5. The van der Waals surface area contributed by atoms with Gasteiger partial charge < -0.3 is 10.6 Å². The van der Waals surface area contributed by atoms with Gasteiger partial charge in [-0.2, -0.15) is 0 Å². The fourth-order valence-electron chi connectivity index (χ4n) is 2.79. The summed E-state index contributed by atoms with van der Waals surface area (Å²) in [5, 5.41) is 8.53. The van der Waals surface area contributed by atoms with E-state index in [4.69, 9.17) is 0 Å². The maximum atomic E-state index is 12.2. The van der Waals surface area contributed by atoms with E-state index in [9.17, 15) is 4.79 Å². The van der Waals surface area contributed by atoms with Gasteiger partial charge in [0.1, 0.15) is 0 Å². The number of hydrogen-bond donors (Lipinski definition) is 2. The Balaban J connectivity index is 1.74. The molecular weight excluding hydrogens is 268 g/mol. The van der Waals surface area contributed by atoms with E-state index in [1.165, 1.54) is 16.7 Å². The molecule has 0 radical (unpaired) electrons. The average molecular weight is 286 g/mol. The van der Waals surface area contributed by atoms with Crippen LogP contribution in [0.3, 0.4) is 0 Å². The van der Waals surface area contributed by atoms with Crippen molar-refractivity contribution in [2.24, 2.45) is 0 Å². The number of carbonyl (C=O) groups is 1. The minimum Gasteiger partial charge on any atom is -0.348 e. The summed E-state index contributed by atoms with van der Waals surface area (Å²) in [5.41, 5.74) is 3.83. The molecule has 4 heteroatoms. The van der Waals surface area contributed by atoms with Gasteiger partial charge in [-0.15, -0.1) is 11.3 Å². The van der Waals surface area contributed by atoms with E-state index < -0.39 is 0 Å². The van der Waals surface area contributed by atoms with Crippen LogP contribution in [0.2, 0.25) is 0 Å². The second kappa shape index (κ2) is 5.77. The largest absolute Gasteiger partial charge is 0.348 e. The second-order valence-electron chi connectivity index (χ2n) is 5.15. The molecule has 20 heavy (non-hydrogen) atoms. The van der Waals surface area contributed by atoms with E-state index in [2.05, 4.69) is 35.8 Å². The van der Waals surface area contributed by atoms with Crippen molar-refractivity contribution in [3.63, 3.8) is 0 Å². The Labute approximate surface area is 123 Å². The van der Waals surface area contributed by atoms with Gasteiger partial charge in [0.25, 0.3) is 0 Å². The summed E-state index contributed by atoms with van der Waals surface area (Å²) in [5.74, 6) is 0.0929. The number of hydrogen-bond acceptors (Lipinski definition) is 3. The molecule has 0 aliphatic carbocycles. The molecule has 0 saturated carbocycles. The van der Waals surface area contributed by atoms with Crippen LogP contribution in [-0.2, 0) is 17.8 Å². The van der Waals surface area contributed by atoms with Gasteiger partial charge in [-0.1, -0.05) is 24.3 Å². The quantitative estimate of drug-likeness (QED) is 0.910. The molecule has 104 valence electrons. The molecule has 1 amide bonds. The van der Waals surface area contributed by atoms with E-state index in [0.717, 1.165) is 18.0 Å². The number of aryl methyl sites for hydroxylation is 1. The molecule has 1 aromatic carbocycles. The minimum absolute atomic E-state index is 0.0763. The Morgan fingerprint density at radius 3 is 3.10 bits per heavy atom. The van der Waals surface area contributed by atoms with Crippen LogP contribution in [0.4, 0.5) is 0 Å². The monoisotopic (exact) mass is 286 g/mol. The molecule has 2 aromatic rings. The standard InChI is InChI=1S/C16H18N2OS/c1-11-4-2-5-12-9-17-10-14(16(11)12)18-15(19)8-13-6-3-7-20-13/h2-7,14,17H,8-10H2,1H3,(H,18,19). The van der Waals surface area contributed by atoms with Crippen molar-refractivity contribution in [2.45, 2.75) is 25.9 Å². The SMILES string of the molecule is Cc1cccc2c1C(NC(=O)Cc1cccs1)CNC2. The van der Waals surface area contributed by atoms with Gasteiger partial charge in [0.05, 0.1) is 12.5 Å². The summed E-state index contributed by atoms with van der Waals surface area (Å²) in [6, 6.07) is 10.4. The predicted octanol–water partition coefficient (Wildman–Crippen LogP) is 2.56. The molecule has 0 saturated heterocycles. The zero-order valence-corrected chi connectivity index (χ0v) is 12.3. The van der Waals surface area contributed by atoms with Gasteiger partial charge in [-0.25, -0.2) is 0 Å². The maximum absolute atomic E-state index is 12.2. The first-order chi connectivity index (χ1) is 9.74. The number of fused-ring (bicyclic) bond motifs is 1. The molecule has 0 spiro atoms. The van der Waals surface area contributed by atoms with Crippen molar-refractivity contribution >= 4 is 17.2 Å². The summed E-state index contributed by atoms with van der Waals surface area (Å²) in [4.78, 5) is 13.3. The number of carbonyl (C=O) groups excluding carboxylic acids is 1. The Morgan fingerprint density at radius 2 is 2.30 bits per heavy atom. The van der Waals surface area contributed by atoms with Crippen LogP contribution in [0.15, 0.2) is 35.7 Å². The van der Waals surface area contributed by atoms with Crippen LogP contribution in [0.25, 0.3) is 0 Å². The van der Waals surface area contributed by atoms with Crippen molar-refractivity contribution in [2.75, 3.05) is 6.54 Å². The first-order valence-electron chi connectivity index (χ1n) is 6.85. The molecule has 1 atom stereocenters. The van der Waals surface area contributed by atoms with Crippen LogP contribution in [0.1, 0.15) is 27.6 Å². The Hall–Kier alpha value is -1.65. The highest BCUT2D eigenvalue weighted by Gasteiger charge is 2.23. The van der Waals surface area contributed by atoms with Crippen molar-refractivity contribution in [3.05, 3.63) is 57.3 Å². The number of nitrogens with one attached hydrogen (secondary N) is 2. The van der Waals surface area contributed by atoms with Crippen molar-refractivity contribution < 1.29 is 4.79 Å². The average Bonchev–Trinajstić information content (AvgIpc) is 2.92. The maximum Gasteiger partial charge on any atom is 0.225 e. The van der Waals surface area contributed by atoms with Gasteiger partial charge in [0.2, 0.25) is 5.91 Å². The summed E-state index contributed by atoms with van der Waals surface area (Å²) >= 11 is 1.63. The number of amides is 1. The van der Waals surface area contributed by atoms with Crippen molar-refractivity contribution in [1.82, 2.24) is 10.6 Å². The van der Waals surface area contributed by atoms with Crippen LogP contribution >= 0.6 is 11.3 Å². The highest BCUT2D eigenvalue weighted by molar-refractivity contribution is 7.10. The third-order valence-electron chi connectivity index (χ3n) is 3.68. The van der Waals surface area contributed by atoms with Crippen LogP contribution in [-0.4, -0.2) is 12.5 Å². The normalized spacial score (nSPS) is 17.6. The number of rotatable bonds is 3. The Morgan fingerprint density at radius 1 is 1.40 bits per heavy atom. The van der Waals surface area contributed by atoms with Crippen molar-refractivity contribution in [1.29, 1.82) is 0 Å². The lowest BCUT2D eigenvalue weighted by atomic mass is 9.92. The highest BCUT2D eigenvalue weighted by atomic mass is 32.1. The lowest BCUT2D eigenvalue weighted by Gasteiger charge is -2.28. The summed E-state index contributed by atoms with van der Waals surface area (Å²) in [6.45, 7) is 3.80. The Bertz CT molecular complexity index is 607. The van der Waals surface area contributed by atoms with Gasteiger partial charge in [-0.05, 0) is 35.1 Å². The number of benzene rings is 1. The molecule has 1 aromatic heterocycles. The van der Waals surface area contributed by atoms with Crippen LogP contribution in [0.5, 0.6) is 0 Å². The second-order valence-corrected chi connectivity index (χ2v) is 6.19. The fourth-order valence-corrected chi connectivity index (χ4v) is 3.49. The first kappa shape index (κ1) is 13.3. The first-order valence-corrected chi connectivity index (χ1v) is 7.73. The van der Waals surface area contributed by atoms with E-state index >= 15 is 0 Å². The lowest BCUT2D eigenvalue weighted by Crippen LogP contribution is -2.40. The van der Waals surface area contributed by atoms with E-state index in [0.29, 0.717) is 6.42 Å². The highest BCUT2D eigenvalue weighted by Crippen LogP contribution is 2.25. The summed E-state index contributed by atoms with van der Waals surface area (Å²) in [6.07, 6.45) is 0.468. The molecule has 0 bridgehead atoms. The van der Waals surface area contributed by atoms with Gasteiger partial charge in [-0.3, -0.25) is 4.79 Å². The van der Waals surface area contributed by atoms with E-state index in [-0.39, 0.29) is 11.9 Å². The number of thiophene rings is 1. The minimum atomic E-state index is 0.0763. The molecule has 3 nitrogen and oxygen atoms in total. The zero-order chi connectivity index (χ0) is 13.9. The molecule has 0 fully saturated rings. The molecule has 2 N–H and O–H groups in total. The van der Waals surface area contributed by atoms with E-state index in [1.807, 2.05) is 17.5 Å². The molecular formula is C16H18N2OS. The summed E-state index contributed by atoms with van der Waals surface area (Å²) in [7, 11) is 0. The molecule has 1 unspecified atom stereocenters. The molecule has 2 heterocycles. The topological polar surface area (TPSA) is 41.1 Å². The fraction of sp³-hybridized carbons (Fsp3) is 0.312. The summed E-state index contributed by atoms with van der Waals surface area (Å²) < 4.78 is 0. The molecule has 3 rings (SSSR count). The van der Waals surface area contributed by atoms with Crippen LogP contribution < -0.4 is 10.6 Å². The third-order valence-corrected chi connectivity index (χ3v) is 4.55. The van der Waals surface area contributed by atoms with Gasteiger partial charge in [0, 0.05) is 18.0 Å². The van der Waals surface area contributed by atoms with Crippen LogP contribution in [0, 0.1) is 6.92 Å². The van der Waals surface area contributed by atoms with Gasteiger partial charge >= 0.3 is 0 Å². The van der Waals surface area contributed by atoms with Crippen molar-refractivity contribution in [3.8, 4) is 0 Å².